The van der Waals surface area contributed by atoms with Gasteiger partial charge in [-0.15, -0.1) is 0 Å². The predicted octanol–water partition coefficient (Wildman–Crippen LogP) is 8.22. The van der Waals surface area contributed by atoms with E-state index in [2.05, 4.69) is 54.5 Å². The van der Waals surface area contributed by atoms with Gasteiger partial charge in [0.2, 0.25) is 0 Å². The van der Waals surface area contributed by atoms with Crippen molar-refractivity contribution in [3.05, 3.63) is 47.5 Å². The number of carbonyl (C=O) groups is 2. The molecule has 47 heavy (non-hydrogen) atoms. The van der Waals surface area contributed by atoms with Crippen LogP contribution in [0.5, 0.6) is 0 Å². The Balaban J connectivity index is 1.40. The summed E-state index contributed by atoms with van der Waals surface area (Å²) in [5, 5.41) is 0. The van der Waals surface area contributed by atoms with Gasteiger partial charge in [-0.3, -0.25) is 9.59 Å². The van der Waals surface area contributed by atoms with Crippen LogP contribution >= 0.6 is 0 Å². The van der Waals surface area contributed by atoms with Crippen molar-refractivity contribution < 1.29 is 28.5 Å². The van der Waals surface area contributed by atoms with Crippen LogP contribution in [-0.4, -0.2) is 50.9 Å². The molecule has 4 fully saturated rings. The standard InChI is InChI=1S/C41H60O6/c1-26(2)28(4)37(5)19-20-39(7)30-15-16-33-38(6)24-45-25-41(33,21-32(44-9)35(38)46-22-27(3)42)31(30)17-18-40(39,8)34(37)36(43)47-23-29-13-11-10-12-14-29/h10-14,17,26,28,30,32-35H,15-16,18-25H2,1-9H3/t28-,30+,32-,33+,34-,35+,37-,38-,39-,40+,41+/m1/s1. The minimum Gasteiger partial charge on any atom is -0.461 e. The Morgan fingerprint density at radius 2 is 1.70 bits per heavy atom. The zero-order valence-corrected chi connectivity index (χ0v) is 30.5. The third-order valence-electron chi connectivity index (χ3n) is 15.1. The summed E-state index contributed by atoms with van der Waals surface area (Å²) < 4.78 is 25.5. The second-order valence-corrected chi connectivity index (χ2v) is 17.5. The van der Waals surface area contributed by atoms with E-state index in [0.717, 1.165) is 44.1 Å². The number of carbonyl (C=O) groups excluding carboxylic acids is 2. The zero-order valence-electron chi connectivity index (χ0n) is 30.5. The van der Waals surface area contributed by atoms with Crippen LogP contribution in [0.25, 0.3) is 0 Å². The molecule has 4 aliphatic carbocycles. The van der Waals surface area contributed by atoms with E-state index in [1.165, 1.54) is 0 Å². The van der Waals surface area contributed by atoms with Crippen LogP contribution in [0.1, 0.15) is 99.5 Å². The van der Waals surface area contributed by atoms with Gasteiger partial charge < -0.3 is 18.9 Å². The van der Waals surface area contributed by atoms with Gasteiger partial charge in [0.1, 0.15) is 13.2 Å². The van der Waals surface area contributed by atoms with Crippen molar-refractivity contribution in [2.45, 2.75) is 113 Å². The molecule has 5 aliphatic rings. The molecule has 3 saturated carbocycles. The van der Waals surface area contributed by atoms with Crippen molar-refractivity contribution in [2.24, 2.45) is 56.7 Å². The van der Waals surface area contributed by atoms with E-state index in [0.29, 0.717) is 43.5 Å². The molecule has 2 bridgehead atoms. The lowest BCUT2D eigenvalue weighted by Gasteiger charge is -2.71. The fraction of sp³-hybridized carbons (Fsp3) is 0.756. The lowest BCUT2D eigenvalue weighted by atomic mass is 9.34. The number of methoxy groups -OCH3 is 1. The average molecular weight is 649 g/mol. The molecule has 1 aromatic rings. The number of hydrogen-bond donors (Lipinski definition) is 0. The molecule has 260 valence electrons. The van der Waals surface area contributed by atoms with Gasteiger partial charge in [-0.05, 0) is 90.9 Å². The Morgan fingerprint density at radius 3 is 2.36 bits per heavy atom. The molecular formula is C41H60O6. The lowest BCUT2D eigenvalue weighted by Crippen LogP contribution is -2.70. The van der Waals surface area contributed by atoms with Crippen molar-refractivity contribution in [1.29, 1.82) is 0 Å². The quantitative estimate of drug-likeness (QED) is 0.199. The molecule has 1 heterocycles. The lowest BCUT2D eigenvalue weighted by molar-refractivity contribution is -0.266. The predicted molar refractivity (Wildman–Crippen MR) is 183 cm³/mol. The summed E-state index contributed by atoms with van der Waals surface area (Å²) in [6.07, 6.45) is 8.25. The van der Waals surface area contributed by atoms with Crippen LogP contribution in [-0.2, 0) is 35.1 Å². The van der Waals surface area contributed by atoms with Gasteiger partial charge in [-0.1, -0.05) is 90.4 Å². The second kappa shape index (κ2) is 12.4. The monoisotopic (exact) mass is 648 g/mol. The summed E-state index contributed by atoms with van der Waals surface area (Å²) in [4.78, 5) is 26.6. The highest BCUT2D eigenvalue weighted by molar-refractivity contribution is 5.76. The number of Topliss-reactive ketones (excluding diaryl/α,β-unsaturated/α-hetero) is 1. The van der Waals surface area contributed by atoms with E-state index in [9.17, 15) is 9.59 Å². The summed E-state index contributed by atoms with van der Waals surface area (Å²) >= 11 is 0. The first kappa shape index (κ1) is 34.8. The third-order valence-corrected chi connectivity index (χ3v) is 15.1. The molecule has 0 unspecified atom stereocenters. The molecule has 6 nitrogen and oxygen atoms in total. The van der Waals surface area contributed by atoms with E-state index in [1.54, 1.807) is 19.6 Å². The molecule has 0 amide bonds. The fourth-order valence-corrected chi connectivity index (χ4v) is 12.1. The molecule has 1 saturated heterocycles. The average Bonchev–Trinajstić information content (AvgIpc) is 3.03. The molecule has 0 spiro atoms. The van der Waals surface area contributed by atoms with Crippen molar-refractivity contribution >= 4 is 11.8 Å². The first-order valence-electron chi connectivity index (χ1n) is 18.3. The minimum absolute atomic E-state index is 0.0304. The third kappa shape index (κ3) is 5.21. The molecule has 6 heteroatoms. The SMILES string of the molecule is CO[C@@H]1C[C@@]23COC[C@](C)([C@@H]2CC[C@H]2C3=CC[C@@]3(C)[C@H](C(=O)OCc4ccccc4)[C@@](C)([C@H](C)C(C)C)CC[C@]23C)[C@H]1OCC(C)=O. The highest BCUT2D eigenvalue weighted by atomic mass is 16.5. The van der Waals surface area contributed by atoms with E-state index in [4.69, 9.17) is 18.9 Å². The largest absolute Gasteiger partial charge is 0.461 e. The number of rotatable bonds is 9. The minimum atomic E-state index is -0.254. The van der Waals surface area contributed by atoms with Gasteiger partial charge in [0.05, 0.1) is 31.3 Å². The smallest absolute Gasteiger partial charge is 0.310 e. The van der Waals surface area contributed by atoms with Gasteiger partial charge in [0.25, 0.3) is 0 Å². The Hall–Kier alpha value is -2.02. The zero-order chi connectivity index (χ0) is 34.0. The van der Waals surface area contributed by atoms with Crippen LogP contribution in [0.3, 0.4) is 0 Å². The number of fused-ring (bicyclic) bond motifs is 3. The molecule has 6 rings (SSSR count). The van der Waals surface area contributed by atoms with Crippen LogP contribution in [0.15, 0.2) is 42.0 Å². The van der Waals surface area contributed by atoms with E-state index in [-0.39, 0.29) is 63.6 Å². The number of benzene rings is 1. The maximum Gasteiger partial charge on any atom is 0.310 e. The summed E-state index contributed by atoms with van der Waals surface area (Å²) in [7, 11) is 1.79. The molecule has 0 radical (unpaired) electrons. The second-order valence-electron chi connectivity index (χ2n) is 17.5. The van der Waals surface area contributed by atoms with E-state index in [1.807, 2.05) is 30.3 Å². The van der Waals surface area contributed by atoms with Gasteiger partial charge in [-0.2, -0.15) is 0 Å². The van der Waals surface area contributed by atoms with Crippen LogP contribution in [0.4, 0.5) is 0 Å². The molecular weight excluding hydrogens is 588 g/mol. The van der Waals surface area contributed by atoms with Gasteiger partial charge >= 0.3 is 5.97 Å². The maximum atomic E-state index is 14.6. The number of allylic oxidation sites excluding steroid dienone is 1. The number of esters is 1. The van der Waals surface area contributed by atoms with Crippen LogP contribution in [0, 0.1) is 56.7 Å². The Morgan fingerprint density at radius 1 is 0.979 bits per heavy atom. The van der Waals surface area contributed by atoms with Crippen molar-refractivity contribution in [3.8, 4) is 0 Å². The fourth-order valence-electron chi connectivity index (χ4n) is 12.1. The highest BCUT2D eigenvalue weighted by Crippen LogP contribution is 2.75. The molecule has 0 aromatic heterocycles. The number of ketones is 1. The topological polar surface area (TPSA) is 71.1 Å². The highest BCUT2D eigenvalue weighted by Gasteiger charge is 2.72. The molecule has 11 atom stereocenters. The molecule has 0 N–H and O–H groups in total. The van der Waals surface area contributed by atoms with Crippen molar-refractivity contribution in [3.63, 3.8) is 0 Å². The van der Waals surface area contributed by atoms with Gasteiger partial charge in [0.15, 0.2) is 5.78 Å². The van der Waals surface area contributed by atoms with Crippen molar-refractivity contribution in [2.75, 3.05) is 26.9 Å². The Bertz CT molecular complexity index is 1370. The van der Waals surface area contributed by atoms with Gasteiger partial charge in [-0.25, -0.2) is 0 Å². The molecule has 1 aromatic carbocycles. The Labute approximate surface area is 283 Å². The maximum absolute atomic E-state index is 14.6. The van der Waals surface area contributed by atoms with Crippen molar-refractivity contribution in [1.82, 2.24) is 0 Å². The normalized spacial score (nSPS) is 43.2. The Kier molecular flexibility index (Phi) is 9.18. The summed E-state index contributed by atoms with van der Waals surface area (Å²) in [6.45, 7) is 19.9. The van der Waals surface area contributed by atoms with Crippen LogP contribution in [0.2, 0.25) is 0 Å². The summed E-state index contributed by atoms with van der Waals surface area (Å²) in [5.41, 5.74) is 1.70. The molecule has 1 aliphatic heterocycles. The van der Waals surface area contributed by atoms with Crippen LogP contribution < -0.4 is 0 Å². The first-order valence-corrected chi connectivity index (χ1v) is 18.3. The van der Waals surface area contributed by atoms with E-state index < -0.39 is 0 Å². The number of hydrogen-bond acceptors (Lipinski definition) is 6. The van der Waals surface area contributed by atoms with Gasteiger partial charge in [0, 0.05) is 17.9 Å². The number of ether oxygens (including phenoxy) is 4. The summed E-state index contributed by atoms with van der Waals surface area (Å²) in [5.74, 6) is 1.39. The first-order chi connectivity index (χ1) is 22.2. The summed E-state index contributed by atoms with van der Waals surface area (Å²) in [6, 6.07) is 10.1. The van der Waals surface area contributed by atoms with E-state index >= 15 is 0 Å².